The Balaban J connectivity index is 2.24. The van der Waals surface area contributed by atoms with E-state index in [-0.39, 0.29) is 12.2 Å². The highest BCUT2D eigenvalue weighted by molar-refractivity contribution is 6.00. The molecule has 0 spiro atoms. The van der Waals surface area contributed by atoms with Gasteiger partial charge in [0.05, 0.1) is 0 Å². The van der Waals surface area contributed by atoms with E-state index in [2.05, 4.69) is 11.8 Å². The van der Waals surface area contributed by atoms with Crippen molar-refractivity contribution in [3.05, 3.63) is 34.9 Å². The Morgan fingerprint density at radius 1 is 1.38 bits per heavy atom. The van der Waals surface area contributed by atoms with Crippen LogP contribution in [-0.2, 0) is 11.2 Å². The van der Waals surface area contributed by atoms with Crippen LogP contribution < -0.4 is 0 Å². The summed E-state index contributed by atoms with van der Waals surface area (Å²) in [5.74, 6) is 4.50. The highest BCUT2D eigenvalue weighted by atomic mass is 16.4. The maximum Gasteiger partial charge on any atom is 0.315 e. The van der Waals surface area contributed by atoms with Crippen molar-refractivity contribution in [1.82, 2.24) is 0 Å². The molecular weight excluding hydrogens is 204 g/mol. The van der Waals surface area contributed by atoms with Crippen LogP contribution in [0.1, 0.15) is 34.3 Å². The van der Waals surface area contributed by atoms with Crippen LogP contribution in [0.15, 0.2) is 18.2 Å². The molecule has 16 heavy (non-hydrogen) atoms. The van der Waals surface area contributed by atoms with E-state index < -0.39 is 5.97 Å². The largest absolute Gasteiger partial charge is 0.481 e. The number of carbonyl (C=O) groups is 2. The van der Waals surface area contributed by atoms with Gasteiger partial charge in [-0.1, -0.05) is 17.9 Å². The van der Waals surface area contributed by atoms with Gasteiger partial charge in [-0.2, -0.15) is 0 Å². The van der Waals surface area contributed by atoms with Crippen molar-refractivity contribution >= 4 is 11.8 Å². The molecule has 0 atom stereocenters. The second-order valence-corrected chi connectivity index (χ2v) is 3.67. The minimum atomic E-state index is -0.940. The van der Waals surface area contributed by atoms with Crippen LogP contribution in [-0.4, -0.2) is 16.9 Å². The summed E-state index contributed by atoms with van der Waals surface area (Å²) >= 11 is 0. The van der Waals surface area contributed by atoms with Crippen LogP contribution in [0.25, 0.3) is 0 Å². The summed E-state index contributed by atoms with van der Waals surface area (Å²) < 4.78 is 0. The Bertz CT molecular complexity index is 518. The van der Waals surface area contributed by atoms with Crippen molar-refractivity contribution in [2.45, 2.75) is 19.3 Å². The number of carbonyl (C=O) groups excluding carboxylic acids is 1. The first-order valence-electron chi connectivity index (χ1n) is 5.03. The van der Waals surface area contributed by atoms with E-state index in [1.165, 1.54) is 0 Å². The minimum Gasteiger partial charge on any atom is -0.481 e. The molecule has 1 N–H and O–H groups in total. The number of benzene rings is 1. The second kappa shape index (κ2) is 4.19. The third-order valence-corrected chi connectivity index (χ3v) is 2.50. The number of hydrogen-bond donors (Lipinski definition) is 1. The summed E-state index contributed by atoms with van der Waals surface area (Å²) in [6.45, 7) is 0. The van der Waals surface area contributed by atoms with Gasteiger partial charge in [-0.05, 0) is 24.1 Å². The number of aliphatic carboxylic acids is 1. The standard InChI is InChI=1S/C13H10O3/c14-12-7-6-10-5-4-9(8-11(10)12)2-1-3-13(15)16/h4-5,8H,3,6-7H2,(H,15,16). The van der Waals surface area contributed by atoms with E-state index in [1.807, 2.05) is 12.1 Å². The molecule has 1 aromatic carbocycles. The molecule has 1 aliphatic rings. The molecule has 1 aliphatic carbocycles. The summed E-state index contributed by atoms with van der Waals surface area (Å²) in [7, 11) is 0. The zero-order valence-corrected chi connectivity index (χ0v) is 8.62. The number of Topliss-reactive ketones (excluding diaryl/α,β-unsaturated/α-hetero) is 1. The van der Waals surface area contributed by atoms with Gasteiger partial charge in [-0.15, -0.1) is 0 Å². The van der Waals surface area contributed by atoms with Crippen LogP contribution >= 0.6 is 0 Å². The average molecular weight is 214 g/mol. The number of carboxylic acids is 1. The number of fused-ring (bicyclic) bond motifs is 1. The Hall–Kier alpha value is -2.08. The average Bonchev–Trinajstić information content (AvgIpc) is 2.60. The molecule has 0 fully saturated rings. The molecule has 0 radical (unpaired) electrons. The Morgan fingerprint density at radius 3 is 2.94 bits per heavy atom. The molecule has 0 amide bonds. The third kappa shape index (κ3) is 2.12. The fourth-order valence-corrected chi connectivity index (χ4v) is 1.74. The number of hydrogen-bond acceptors (Lipinski definition) is 2. The summed E-state index contributed by atoms with van der Waals surface area (Å²) in [4.78, 5) is 21.7. The maximum absolute atomic E-state index is 11.5. The monoisotopic (exact) mass is 214 g/mol. The van der Waals surface area contributed by atoms with Gasteiger partial charge in [0.2, 0.25) is 0 Å². The lowest BCUT2D eigenvalue weighted by Gasteiger charge is -1.97. The van der Waals surface area contributed by atoms with Crippen molar-refractivity contribution in [3.8, 4) is 11.8 Å². The molecule has 2 rings (SSSR count). The fourth-order valence-electron chi connectivity index (χ4n) is 1.74. The SMILES string of the molecule is O=C(O)CC#Cc1ccc2c(c1)C(=O)CC2. The maximum atomic E-state index is 11.5. The summed E-state index contributed by atoms with van der Waals surface area (Å²) in [6.07, 6.45) is 1.20. The molecule has 80 valence electrons. The number of ketones is 1. The van der Waals surface area contributed by atoms with Gasteiger partial charge in [0, 0.05) is 17.5 Å². The van der Waals surface area contributed by atoms with E-state index in [0.717, 1.165) is 17.5 Å². The van der Waals surface area contributed by atoms with Gasteiger partial charge in [0.25, 0.3) is 0 Å². The van der Waals surface area contributed by atoms with E-state index in [1.54, 1.807) is 6.07 Å². The lowest BCUT2D eigenvalue weighted by molar-refractivity contribution is -0.135. The van der Waals surface area contributed by atoms with E-state index in [9.17, 15) is 9.59 Å². The first-order valence-corrected chi connectivity index (χ1v) is 5.03. The Kier molecular flexibility index (Phi) is 2.74. The molecule has 3 heteroatoms. The topological polar surface area (TPSA) is 54.4 Å². The van der Waals surface area contributed by atoms with Crippen molar-refractivity contribution in [2.24, 2.45) is 0 Å². The Morgan fingerprint density at radius 2 is 2.19 bits per heavy atom. The summed E-state index contributed by atoms with van der Waals surface area (Å²) in [5.41, 5.74) is 2.51. The van der Waals surface area contributed by atoms with Crippen molar-refractivity contribution < 1.29 is 14.7 Å². The number of aryl methyl sites for hydroxylation is 1. The number of carboxylic acid groups (broad SMARTS) is 1. The zero-order chi connectivity index (χ0) is 11.5. The minimum absolute atomic E-state index is 0.150. The number of rotatable bonds is 1. The second-order valence-electron chi connectivity index (χ2n) is 3.67. The molecule has 0 aliphatic heterocycles. The van der Waals surface area contributed by atoms with Crippen LogP contribution in [0.4, 0.5) is 0 Å². The fraction of sp³-hybridized carbons (Fsp3) is 0.231. The zero-order valence-electron chi connectivity index (χ0n) is 8.62. The normalized spacial score (nSPS) is 12.9. The molecule has 0 unspecified atom stereocenters. The molecule has 1 aromatic rings. The lowest BCUT2D eigenvalue weighted by Crippen LogP contribution is -1.92. The molecule has 0 aromatic heterocycles. The van der Waals surface area contributed by atoms with Gasteiger partial charge < -0.3 is 5.11 Å². The molecule has 3 nitrogen and oxygen atoms in total. The molecule has 0 heterocycles. The van der Waals surface area contributed by atoms with Gasteiger partial charge in [0.15, 0.2) is 5.78 Å². The van der Waals surface area contributed by atoms with Crippen molar-refractivity contribution in [3.63, 3.8) is 0 Å². The smallest absolute Gasteiger partial charge is 0.315 e. The highest BCUT2D eigenvalue weighted by Gasteiger charge is 2.18. The van der Waals surface area contributed by atoms with Crippen LogP contribution in [0.5, 0.6) is 0 Å². The molecule has 0 bridgehead atoms. The van der Waals surface area contributed by atoms with Gasteiger partial charge >= 0.3 is 5.97 Å². The summed E-state index contributed by atoms with van der Waals surface area (Å²) in [5, 5.41) is 8.43. The van der Waals surface area contributed by atoms with Crippen LogP contribution in [0, 0.1) is 11.8 Å². The van der Waals surface area contributed by atoms with Crippen molar-refractivity contribution in [2.75, 3.05) is 0 Å². The quantitative estimate of drug-likeness (QED) is 0.723. The van der Waals surface area contributed by atoms with Crippen LogP contribution in [0.2, 0.25) is 0 Å². The van der Waals surface area contributed by atoms with E-state index >= 15 is 0 Å². The first-order chi connectivity index (χ1) is 7.66. The highest BCUT2D eigenvalue weighted by Crippen LogP contribution is 2.22. The predicted molar refractivity (Wildman–Crippen MR) is 58.2 cm³/mol. The van der Waals surface area contributed by atoms with Crippen molar-refractivity contribution in [1.29, 1.82) is 0 Å². The molecule has 0 saturated carbocycles. The van der Waals surface area contributed by atoms with E-state index in [4.69, 9.17) is 5.11 Å². The third-order valence-electron chi connectivity index (χ3n) is 2.50. The Labute approximate surface area is 93.1 Å². The summed E-state index contributed by atoms with van der Waals surface area (Å²) in [6, 6.07) is 5.47. The van der Waals surface area contributed by atoms with Gasteiger partial charge in [0.1, 0.15) is 6.42 Å². The molecular formula is C13H10O3. The molecule has 0 saturated heterocycles. The predicted octanol–water partition coefficient (Wildman–Crippen LogP) is 1.64. The first kappa shape index (κ1) is 10.4. The van der Waals surface area contributed by atoms with Gasteiger partial charge in [-0.3, -0.25) is 9.59 Å². The van der Waals surface area contributed by atoms with Gasteiger partial charge in [-0.25, -0.2) is 0 Å². The van der Waals surface area contributed by atoms with Crippen LogP contribution in [0.3, 0.4) is 0 Å². The van der Waals surface area contributed by atoms with E-state index in [0.29, 0.717) is 12.0 Å². The lowest BCUT2D eigenvalue weighted by atomic mass is 10.1.